The number of nitrogens with zero attached hydrogens (tertiary/aromatic N) is 3. The lowest BCUT2D eigenvalue weighted by Gasteiger charge is -2.13. The van der Waals surface area contributed by atoms with Crippen LogP contribution in [0.25, 0.3) is 0 Å². The standard InChI is InChI=1S/C9H19N5O2S/c1-9(8-10-2)17(15,16)12-4-3-6-14-7-5-11-13-14/h5,7,9-10,12H,3-4,6,8H2,1-2H3. The molecule has 1 atom stereocenters. The van der Waals surface area contributed by atoms with E-state index in [-0.39, 0.29) is 0 Å². The normalized spacial score (nSPS) is 13.8. The van der Waals surface area contributed by atoms with Crippen LogP contribution in [0.3, 0.4) is 0 Å². The first-order valence-electron chi connectivity index (χ1n) is 5.53. The zero-order valence-corrected chi connectivity index (χ0v) is 10.9. The summed E-state index contributed by atoms with van der Waals surface area (Å²) in [7, 11) is -1.49. The number of aryl methyl sites for hydroxylation is 1. The van der Waals surface area contributed by atoms with Gasteiger partial charge in [-0.05, 0) is 20.4 Å². The lowest BCUT2D eigenvalue weighted by Crippen LogP contribution is -2.38. The van der Waals surface area contributed by atoms with Crippen LogP contribution in [0.1, 0.15) is 13.3 Å². The van der Waals surface area contributed by atoms with Gasteiger partial charge in [0.2, 0.25) is 10.0 Å². The molecule has 2 N–H and O–H groups in total. The van der Waals surface area contributed by atoms with Crippen LogP contribution >= 0.6 is 0 Å². The van der Waals surface area contributed by atoms with Crippen molar-refractivity contribution in [2.45, 2.75) is 25.1 Å². The van der Waals surface area contributed by atoms with Gasteiger partial charge < -0.3 is 5.32 Å². The van der Waals surface area contributed by atoms with Crippen molar-refractivity contribution < 1.29 is 8.42 Å². The molecule has 1 heterocycles. The van der Waals surface area contributed by atoms with Crippen molar-refractivity contribution >= 4 is 10.0 Å². The molecule has 0 aliphatic carbocycles. The van der Waals surface area contributed by atoms with Gasteiger partial charge >= 0.3 is 0 Å². The van der Waals surface area contributed by atoms with Gasteiger partial charge in [-0.3, -0.25) is 4.68 Å². The molecular weight excluding hydrogens is 242 g/mol. The van der Waals surface area contributed by atoms with Crippen molar-refractivity contribution in [2.24, 2.45) is 0 Å². The van der Waals surface area contributed by atoms with Gasteiger partial charge in [-0.25, -0.2) is 13.1 Å². The predicted molar refractivity (Wildman–Crippen MR) is 65.0 cm³/mol. The lowest BCUT2D eigenvalue weighted by atomic mass is 10.4. The van der Waals surface area contributed by atoms with E-state index in [4.69, 9.17) is 0 Å². The minimum absolute atomic E-state index is 0.413. The molecule has 0 saturated carbocycles. The van der Waals surface area contributed by atoms with Crippen LogP contribution < -0.4 is 10.0 Å². The molecule has 1 aromatic rings. The van der Waals surface area contributed by atoms with Crippen molar-refractivity contribution in [2.75, 3.05) is 20.1 Å². The van der Waals surface area contributed by atoms with Crippen LogP contribution in [0.4, 0.5) is 0 Å². The van der Waals surface area contributed by atoms with E-state index in [1.807, 2.05) is 0 Å². The molecule has 98 valence electrons. The fourth-order valence-corrected chi connectivity index (χ4v) is 2.45. The van der Waals surface area contributed by atoms with Crippen LogP contribution in [0.15, 0.2) is 12.4 Å². The van der Waals surface area contributed by atoms with Crippen LogP contribution in [0, 0.1) is 0 Å². The number of sulfonamides is 1. The molecule has 1 unspecified atom stereocenters. The van der Waals surface area contributed by atoms with E-state index in [1.165, 1.54) is 0 Å². The molecule has 7 nitrogen and oxygen atoms in total. The summed E-state index contributed by atoms with van der Waals surface area (Å²) >= 11 is 0. The van der Waals surface area contributed by atoms with Gasteiger partial charge in [0.15, 0.2) is 0 Å². The zero-order chi connectivity index (χ0) is 12.7. The molecule has 0 spiro atoms. The molecule has 0 aromatic carbocycles. The second kappa shape index (κ2) is 6.67. The van der Waals surface area contributed by atoms with Crippen molar-refractivity contribution in [1.29, 1.82) is 0 Å². The average molecular weight is 261 g/mol. The lowest BCUT2D eigenvalue weighted by molar-refractivity contribution is 0.535. The van der Waals surface area contributed by atoms with Gasteiger partial charge in [0.05, 0.1) is 11.4 Å². The number of nitrogens with one attached hydrogen (secondary N) is 2. The van der Waals surface area contributed by atoms with Gasteiger partial charge in [0.25, 0.3) is 0 Å². The SMILES string of the molecule is CNCC(C)S(=O)(=O)NCCCn1ccnn1. The third-order valence-corrected chi connectivity index (χ3v) is 4.19. The van der Waals surface area contributed by atoms with E-state index >= 15 is 0 Å². The van der Waals surface area contributed by atoms with E-state index in [0.29, 0.717) is 26.1 Å². The minimum Gasteiger partial charge on any atom is -0.318 e. The van der Waals surface area contributed by atoms with Crippen molar-refractivity contribution in [3.05, 3.63) is 12.4 Å². The Morgan fingerprint density at radius 3 is 2.82 bits per heavy atom. The monoisotopic (exact) mass is 261 g/mol. The Labute approximate surface area is 102 Å². The first-order chi connectivity index (χ1) is 8.06. The predicted octanol–water partition coefficient (Wildman–Crippen LogP) is -0.804. The summed E-state index contributed by atoms with van der Waals surface area (Å²) in [4.78, 5) is 0. The summed E-state index contributed by atoms with van der Waals surface area (Å²) in [5.74, 6) is 0. The minimum atomic E-state index is -3.22. The second-order valence-electron chi connectivity index (χ2n) is 3.83. The largest absolute Gasteiger partial charge is 0.318 e. The summed E-state index contributed by atoms with van der Waals surface area (Å²) in [5.41, 5.74) is 0. The molecule has 0 aliphatic rings. The summed E-state index contributed by atoms with van der Waals surface area (Å²) in [6, 6.07) is 0. The van der Waals surface area contributed by atoms with Crippen molar-refractivity contribution in [1.82, 2.24) is 25.0 Å². The summed E-state index contributed by atoms with van der Waals surface area (Å²) in [6.45, 7) is 3.19. The molecule has 0 aliphatic heterocycles. The highest BCUT2D eigenvalue weighted by Crippen LogP contribution is 1.97. The fraction of sp³-hybridized carbons (Fsp3) is 0.778. The zero-order valence-electron chi connectivity index (χ0n) is 10.1. The number of hydrogen-bond acceptors (Lipinski definition) is 5. The molecule has 0 fully saturated rings. The van der Waals surface area contributed by atoms with Crippen LogP contribution in [-0.2, 0) is 16.6 Å². The maximum atomic E-state index is 11.7. The van der Waals surface area contributed by atoms with Gasteiger partial charge in [-0.2, -0.15) is 0 Å². The smallest absolute Gasteiger partial charge is 0.215 e. The fourth-order valence-electron chi connectivity index (χ4n) is 1.35. The molecule has 0 bridgehead atoms. The Morgan fingerprint density at radius 1 is 1.47 bits per heavy atom. The molecule has 0 amide bonds. The highest BCUT2D eigenvalue weighted by Gasteiger charge is 2.18. The quantitative estimate of drug-likeness (QED) is 0.598. The Bertz CT molecular complexity index is 403. The maximum absolute atomic E-state index is 11.7. The van der Waals surface area contributed by atoms with E-state index < -0.39 is 15.3 Å². The van der Waals surface area contributed by atoms with Gasteiger partial charge in [0, 0.05) is 25.8 Å². The summed E-state index contributed by atoms with van der Waals surface area (Å²) < 4.78 is 27.6. The maximum Gasteiger partial charge on any atom is 0.215 e. The van der Waals surface area contributed by atoms with E-state index in [9.17, 15) is 8.42 Å². The summed E-state index contributed by atoms with van der Waals surface area (Å²) in [6.07, 6.45) is 4.03. The number of rotatable bonds is 8. The molecular formula is C9H19N5O2S. The summed E-state index contributed by atoms with van der Waals surface area (Å²) in [5, 5.41) is 9.88. The molecule has 1 aromatic heterocycles. The molecule has 17 heavy (non-hydrogen) atoms. The second-order valence-corrected chi connectivity index (χ2v) is 6.01. The Hall–Kier alpha value is -0.990. The van der Waals surface area contributed by atoms with Crippen molar-refractivity contribution in [3.8, 4) is 0 Å². The van der Waals surface area contributed by atoms with Crippen LogP contribution in [0.2, 0.25) is 0 Å². The van der Waals surface area contributed by atoms with Gasteiger partial charge in [-0.15, -0.1) is 5.10 Å². The molecule has 0 saturated heterocycles. The first kappa shape index (κ1) is 14.1. The van der Waals surface area contributed by atoms with Gasteiger partial charge in [0.1, 0.15) is 0 Å². The van der Waals surface area contributed by atoms with E-state index in [0.717, 1.165) is 0 Å². The third-order valence-electron chi connectivity index (χ3n) is 2.36. The van der Waals surface area contributed by atoms with Crippen molar-refractivity contribution in [3.63, 3.8) is 0 Å². The highest BCUT2D eigenvalue weighted by atomic mass is 32.2. The van der Waals surface area contributed by atoms with Gasteiger partial charge in [-0.1, -0.05) is 5.21 Å². The topological polar surface area (TPSA) is 88.9 Å². The third kappa shape index (κ3) is 4.80. The Kier molecular flexibility index (Phi) is 5.52. The molecule has 8 heteroatoms. The average Bonchev–Trinajstić information content (AvgIpc) is 2.77. The van der Waals surface area contributed by atoms with E-state index in [1.54, 1.807) is 31.0 Å². The number of aromatic nitrogens is 3. The molecule has 1 rings (SSSR count). The Morgan fingerprint density at radius 2 is 2.24 bits per heavy atom. The number of hydrogen-bond donors (Lipinski definition) is 2. The van der Waals surface area contributed by atoms with E-state index in [2.05, 4.69) is 20.4 Å². The van der Waals surface area contributed by atoms with Crippen LogP contribution in [0.5, 0.6) is 0 Å². The van der Waals surface area contributed by atoms with Crippen LogP contribution in [-0.4, -0.2) is 48.8 Å². The Balaban J connectivity index is 2.25. The molecule has 0 radical (unpaired) electrons. The highest BCUT2D eigenvalue weighted by molar-refractivity contribution is 7.90. The first-order valence-corrected chi connectivity index (χ1v) is 7.08.